The van der Waals surface area contributed by atoms with Crippen LogP contribution < -0.4 is 10.6 Å². The molecule has 0 saturated carbocycles. The van der Waals surface area contributed by atoms with E-state index < -0.39 is 35.7 Å². The molecule has 3 N–H and O–H groups in total. The SMILES string of the molecule is CCCC[C@H](NC(=O)C(NC(=O)c1ccccc1F)C(C)C)C(=O)O. The van der Waals surface area contributed by atoms with Gasteiger partial charge in [0.2, 0.25) is 5.91 Å². The molecule has 0 saturated heterocycles. The Labute approximate surface area is 146 Å². The number of carboxylic acids is 1. The van der Waals surface area contributed by atoms with Gasteiger partial charge >= 0.3 is 5.97 Å². The number of benzene rings is 1. The zero-order valence-corrected chi connectivity index (χ0v) is 14.7. The highest BCUT2D eigenvalue weighted by Crippen LogP contribution is 2.10. The minimum atomic E-state index is -1.12. The van der Waals surface area contributed by atoms with Gasteiger partial charge < -0.3 is 15.7 Å². The minimum Gasteiger partial charge on any atom is -0.480 e. The van der Waals surface area contributed by atoms with E-state index in [4.69, 9.17) is 0 Å². The van der Waals surface area contributed by atoms with Crippen LogP contribution in [0.1, 0.15) is 50.4 Å². The molecule has 1 aromatic rings. The number of halogens is 1. The number of carbonyl (C=O) groups is 3. The highest BCUT2D eigenvalue weighted by Gasteiger charge is 2.29. The summed E-state index contributed by atoms with van der Waals surface area (Å²) in [5.74, 6) is -3.41. The molecular formula is C18H25FN2O4. The van der Waals surface area contributed by atoms with Crippen molar-refractivity contribution < 1.29 is 23.9 Å². The molecule has 0 heterocycles. The third kappa shape index (κ3) is 6.17. The molecule has 0 aliphatic rings. The maximum atomic E-state index is 13.7. The second kappa shape index (κ2) is 9.76. The molecular weight excluding hydrogens is 327 g/mol. The molecule has 0 bridgehead atoms. The standard InChI is InChI=1S/C18H25FN2O4/c1-4-5-10-14(18(24)25)20-17(23)15(11(2)3)21-16(22)12-8-6-7-9-13(12)19/h6-9,11,14-15H,4-5,10H2,1-3H3,(H,20,23)(H,21,22)(H,24,25)/t14-,15?/m0/s1. The third-order valence-electron chi connectivity index (χ3n) is 3.82. The first-order valence-corrected chi connectivity index (χ1v) is 8.36. The van der Waals surface area contributed by atoms with Crippen molar-refractivity contribution in [2.24, 2.45) is 5.92 Å². The maximum Gasteiger partial charge on any atom is 0.326 e. The van der Waals surface area contributed by atoms with Gasteiger partial charge in [-0.2, -0.15) is 0 Å². The van der Waals surface area contributed by atoms with Crippen LogP contribution in [0, 0.1) is 11.7 Å². The summed E-state index contributed by atoms with van der Waals surface area (Å²) in [6, 6.07) is 3.48. The van der Waals surface area contributed by atoms with Crippen LogP contribution in [0.25, 0.3) is 0 Å². The molecule has 0 aliphatic carbocycles. The van der Waals surface area contributed by atoms with Crippen molar-refractivity contribution in [1.82, 2.24) is 10.6 Å². The fourth-order valence-corrected chi connectivity index (χ4v) is 2.33. The molecule has 0 spiro atoms. The van der Waals surface area contributed by atoms with Crippen LogP contribution in [0.2, 0.25) is 0 Å². The summed E-state index contributed by atoms with van der Waals surface area (Å²) in [7, 11) is 0. The van der Waals surface area contributed by atoms with Gasteiger partial charge in [0, 0.05) is 0 Å². The molecule has 6 nitrogen and oxygen atoms in total. The largest absolute Gasteiger partial charge is 0.480 e. The smallest absolute Gasteiger partial charge is 0.326 e. The minimum absolute atomic E-state index is 0.165. The van der Waals surface area contributed by atoms with E-state index in [1.807, 2.05) is 6.92 Å². The lowest BCUT2D eigenvalue weighted by Gasteiger charge is -2.24. The van der Waals surface area contributed by atoms with Crippen molar-refractivity contribution in [2.45, 2.75) is 52.1 Å². The van der Waals surface area contributed by atoms with Gasteiger partial charge in [0.1, 0.15) is 17.9 Å². The van der Waals surface area contributed by atoms with Crippen molar-refractivity contribution in [1.29, 1.82) is 0 Å². The van der Waals surface area contributed by atoms with E-state index in [0.717, 1.165) is 12.5 Å². The Morgan fingerprint density at radius 2 is 1.80 bits per heavy atom. The summed E-state index contributed by atoms with van der Waals surface area (Å²) in [4.78, 5) is 35.9. The number of carbonyl (C=O) groups excluding carboxylic acids is 2. The lowest BCUT2D eigenvalue weighted by atomic mass is 10.0. The molecule has 0 aromatic heterocycles. The molecule has 0 fully saturated rings. The van der Waals surface area contributed by atoms with E-state index in [0.29, 0.717) is 12.8 Å². The van der Waals surface area contributed by atoms with E-state index in [2.05, 4.69) is 10.6 Å². The van der Waals surface area contributed by atoms with Gasteiger partial charge in [-0.15, -0.1) is 0 Å². The van der Waals surface area contributed by atoms with Crippen LogP contribution in [0.15, 0.2) is 24.3 Å². The summed E-state index contributed by atoms with van der Waals surface area (Å²) in [5.41, 5.74) is -0.165. The van der Waals surface area contributed by atoms with Crippen LogP contribution >= 0.6 is 0 Å². The van der Waals surface area contributed by atoms with E-state index in [9.17, 15) is 23.9 Å². The zero-order valence-electron chi connectivity index (χ0n) is 14.7. The summed E-state index contributed by atoms with van der Waals surface area (Å²) < 4.78 is 13.7. The number of nitrogens with one attached hydrogen (secondary N) is 2. The number of carboxylic acid groups (broad SMARTS) is 1. The molecule has 0 radical (unpaired) electrons. The summed E-state index contributed by atoms with van der Waals surface area (Å²) in [5, 5.41) is 14.2. The number of unbranched alkanes of at least 4 members (excludes halogenated alkanes) is 1. The average molecular weight is 352 g/mol. The highest BCUT2D eigenvalue weighted by molar-refractivity contribution is 5.98. The molecule has 0 aliphatic heterocycles. The highest BCUT2D eigenvalue weighted by atomic mass is 19.1. The monoisotopic (exact) mass is 352 g/mol. The van der Waals surface area contributed by atoms with Crippen molar-refractivity contribution in [2.75, 3.05) is 0 Å². The number of hydrogen-bond donors (Lipinski definition) is 3. The lowest BCUT2D eigenvalue weighted by Crippen LogP contribution is -2.53. The zero-order chi connectivity index (χ0) is 19.0. The van der Waals surface area contributed by atoms with E-state index >= 15 is 0 Å². The van der Waals surface area contributed by atoms with E-state index in [1.54, 1.807) is 13.8 Å². The van der Waals surface area contributed by atoms with Gasteiger partial charge in [-0.05, 0) is 24.5 Å². The Kier molecular flexibility index (Phi) is 8.04. The molecule has 1 aromatic carbocycles. The Balaban J connectivity index is 2.84. The van der Waals surface area contributed by atoms with Gasteiger partial charge in [0.05, 0.1) is 5.56 Å². The molecule has 1 unspecified atom stereocenters. The van der Waals surface area contributed by atoms with Crippen molar-refractivity contribution in [3.05, 3.63) is 35.6 Å². The van der Waals surface area contributed by atoms with Gasteiger partial charge in [0.15, 0.2) is 0 Å². The number of hydrogen-bond acceptors (Lipinski definition) is 3. The quantitative estimate of drug-likeness (QED) is 0.636. The summed E-state index contributed by atoms with van der Waals surface area (Å²) in [6.07, 6.45) is 1.77. The third-order valence-corrected chi connectivity index (χ3v) is 3.82. The summed E-state index contributed by atoms with van der Waals surface area (Å²) >= 11 is 0. The molecule has 2 amide bonds. The number of aliphatic carboxylic acids is 1. The van der Waals surface area contributed by atoms with Crippen LogP contribution in [0.4, 0.5) is 4.39 Å². The Bertz CT molecular complexity index is 619. The molecule has 2 atom stereocenters. The molecule has 1 rings (SSSR count). The Hall–Kier alpha value is -2.44. The first-order chi connectivity index (χ1) is 11.8. The van der Waals surface area contributed by atoms with Gasteiger partial charge in [-0.25, -0.2) is 9.18 Å². The Morgan fingerprint density at radius 3 is 2.32 bits per heavy atom. The van der Waals surface area contributed by atoms with Crippen molar-refractivity contribution in [3.63, 3.8) is 0 Å². The van der Waals surface area contributed by atoms with Crippen molar-refractivity contribution >= 4 is 17.8 Å². The van der Waals surface area contributed by atoms with Crippen LogP contribution in [0.5, 0.6) is 0 Å². The van der Waals surface area contributed by atoms with E-state index in [1.165, 1.54) is 18.2 Å². The number of rotatable bonds is 9. The molecule has 138 valence electrons. The normalized spacial score (nSPS) is 13.2. The van der Waals surface area contributed by atoms with Gasteiger partial charge in [0.25, 0.3) is 5.91 Å². The van der Waals surface area contributed by atoms with E-state index in [-0.39, 0.29) is 11.5 Å². The van der Waals surface area contributed by atoms with Crippen molar-refractivity contribution in [3.8, 4) is 0 Å². The second-order valence-electron chi connectivity index (χ2n) is 6.22. The van der Waals surface area contributed by atoms with Gasteiger partial charge in [-0.3, -0.25) is 9.59 Å². The molecule has 25 heavy (non-hydrogen) atoms. The first-order valence-electron chi connectivity index (χ1n) is 8.36. The topological polar surface area (TPSA) is 95.5 Å². The van der Waals surface area contributed by atoms with Crippen LogP contribution in [-0.2, 0) is 9.59 Å². The predicted octanol–water partition coefficient (Wildman–Crippen LogP) is 2.34. The lowest BCUT2D eigenvalue weighted by molar-refractivity contribution is -0.142. The average Bonchev–Trinajstić information content (AvgIpc) is 2.55. The van der Waals surface area contributed by atoms with Crippen LogP contribution in [0.3, 0.4) is 0 Å². The maximum absolute atomic E-state index is 13.7. The fourth-order valence-electron chi connectivity index (χ4n) is 2.33. The molecule has 7 heteroatoms. The first kappa shape index (κ1) is 20.6. The Morgan fingerprint density at radius 1 is 1.16 bits per heavy atom. The predicted molar refractivity (Wildman–Crippen MR) is 91.6 cm³/mol. The second-order valence-corrected chi connectivity index (χ2v) is 6.22. The van der Waals surface area contributed by atoms with Gasteiger partial charge in [-0.1, -0.05) is 45.7 Å². The summed E-state index contributed by atoms with van der Waals surface area (Å²) in [6.45, 7) is 5.35. The fraction of sp³-hybridized carbons (Fsp3) is 0.500. The van der Waals surface area contributed by atoms with Crippen LogP contribution in [-0.4, -0.2) is 35.0 Å². The number of amides is 2.